The minimum atomic E-state index is -0.704. The van der Waals surface area contributed by atoms with Crippen molar-refractivity contribution in [2.75, 3.05) is 46.8 Å². The molecule has 1 aliphatic heterocycles. The number of carbonyl (C=O) groups is 2. The molecule has 0 unspecified atom stereocenters. The number of imide groups is 1. The molecule has 152 valence electrons. The fourth-order valence-corrected chi connectivity index (χ4v) is 2.46. The molecule has 2 amide bonds. The third kappa shape index (κ3) is 12.1. The van der Waals surface area contributed by atoms with Gasteiger partial charge in [-0.15, -0.1) is 0 Å². The molecular formula is C20H34N4O3. The molecule has 0 saturated carbocycles. The summed E-state index contributed by atoms with van der Waals surface area (Å²) >= 11 is 0. The Balaban J connectivity index is 0.000000270. The van der Waals surface area contributed by atoms with E-state index in [-0.39, 0.29) is 12.5 Å². The maximum atomic E-state index is 11.1. The van der Waals surface area contributed by atoms with Crippen LogP contribution >= 0.6 is 0 Å². The molecule has 1 fully saturated rings. The highest BCUT2D eigenvalue weighted by molar-refractivity contribution is 5.92. The predicted molar refractivity (Wildman–Crippen MR) is 108 cm³/mol. The van der Waals surface area contributed by atoms with Crippen LogP contribution in [0.3, 0.4) is 0 Å². The second kappa shape index (κ2) is 11.7. The second-order valence-corrected chi connectivity index (χ2v) is 7.80. The van der Waals surface area contributed by atoms with Crippen LogP contribution in [0.5, 0.6) is 0 Å². The molecule has 2 rings (SSSR count). The highest BCUT2D eigenvalue weighted by atomic mass is 16.6. The van der Waals surface area contributed by atoms with Gasteiger partial charge in [-0.2, -0.15) is 0 Å². The van der Waals surface area contributed by atoms with Gasteiger partial charge in [0, 0.05) is 32.7 Å². The van der Waals surface area contributed by atoms with Crippen molar-refractivity contribution in [2.45, 2.75) is 32.9 Å². The van der Waals surface area contributed by atoms with E-state index < -0.39 is 11.7 Å². The number of amides is 2. The third-order valence-electron chi connectivity index (χ3n) is 3.56. The highest BCUT2D eigenvalue weighted by Crippen LogP contribution is 2.06. The number of hydrogen-bond donors (Lipinski definition) is 2. The van der Waals surface area contributed by atoms with Crippen molar-refractivity contribution in [3.8, 4) is 0 Å². The molecule has 0 spiro atoms. The predicted octanol–water partition coefficient (Wildman–Crippen LogP) is 1.69. The van der Waals surface area contributed by atoms with Crippen molar-refractivity contribution >= 4 is 12.0 Å². The molecular weight excluding hydrogens is 344 g/mol. The maximum absolute atomic E-state index is 11.1. The Morgan fingerprint density at radius 1 is 1.15 bits per heavy atom. The average Bonchev–Trinajstić information content (AvgIpc) is 2.54. The summed E-state index contributed by atoms with van der Waals surface area (Å²) in [6, 6.07) is 10.7. The molecule has 7 heteroatoms. The minimum absolute atomic E-state index is 0.166. The molecule has 27 heavy (non-hydrogen) atoms. The van der Waals surface area contributed by atoms with Gasteiger partial charge < -0.3 is 15.0 Å². The molecule has 1 saturated heterocycles. The summed E-state index contributed by atoms with van der Waals surface area (Å²) < 4.78 is 4.90. The van der Waals surface area contributed by atoms with E-state index in [9.17, 15) is 9.59 Å². The van der Waals surface area contributed by atoms with E-state index in [1.165, 1.54) is 18.7 Å². The zero-order valence-electron chi connectivity index (χ0n) is 17.2. The molecule has 0 aliphatic carbocycles. The first-order valence-electron chi connectivity index (χ1n) is 9.30. The number of nitrogens with zero attached hydrogens (tertiary/aromatic N) is 2. The summed E-state index contributed by atoms with van der Waals surface area (Å²) in [6.45, 7) is 11.1. The molecule has 2 N–H and O–H groups in total. The molecule has 7 nitrogen and oxygen atoms in total. The SMILES string of the molecule is CN(C)CC(=O)NC(=O)OC(C)(C)C.c1ccc(CN2CCNCC2)cc1. The molecule has 1 aromatic carbocycles. The van der Waals surface area contributed by atoms with Gasteiger partial charge in [0.25, 0.3) is 0 Å². The first kappa shape index (κ1) is 23.1. The van der Waals surface area contributed by atoms with Crippen LogP contribution in [0.1, 0.15) is 26.3 Å². The van der Waals surface area contributed by atoms with E-state index in [4.69, 9.17) is 4.74 Å². The third-order valence-corrected chi connectivity index (χ3v) is 3.56. The molecule has 0 aromatic heterocycles. The lowest BCUT2D eigenvalue weighted by atomic mass is 10.2. The van der Waals surface area contributed by atoms with Crippen molar-refractivity contribution in [1.82, 2.24) is 20.4 Å². The van der Waals surface area contributed by atoms with Crippen LogP contribution in [0.15, 0.2) is 30.3 Å². The van der Waals surface area contributed by atoms with Crippen molar-refractivity contribution in [3.63, 3.8) is 0 Å². The van der Waals surface area contributed by atoms with Gasteiger partial charge in [-0.25, -0.2) is 4.79 Å². The zero-order valence-corrected chi connectivity index (χ0v) is 17.2. The number of carbonyl (C=O) groups excluding carboxylic acids is 2. The highest BCUT2D eigenvalue weighted by Gasteiger charge is 2.18. The van der Waals surface area contributed by atoms with E-state index in [0.29, 0.717) is 0 Å². The minimum Gasteiger partial charge on any atom is -0.444 e. The Kier molecular flexibility index (Phi) is 9.99. The Morgan fingerprint density at radius 3 is 2.26 bits per heavy atom. The topological polar surface area (TPSA) is 73.9 Å². The summed E-state index contributed by atoms with van der Waals surface area (Å²) in [4.78, 5) is 26.3. The lowest BCUT2D eigenvalue weighted by molar-refractivity contribution is -0.121. The van der Waals surface area contributed by atoms with Crippen LogP contribution in [0.4, 0.5) is 4.79 Å². The van der Waals surface area contributed by atoms with E-state index in [2.05, 4.69) is 45.9 Å². The number of ether oxygens (including phenoxy) is 1. The Morgan fingerprint density at radius 2 is 1.74 bits per heavy atom. The molecule has 0 radical (unpaired) electrons. The zero-order chi connectivity index (χ0) is 20.3. The van der Waals surface area contributed by atoms with Crippen molar-refractivity contribution < 1.29 is 14.3 Å². The van der Waals surface area contributed by atoms with Gasteiger partial charge in [-0.3, -0.25) is 15.0 Å². The molecule has 1 aromatic rings. The second-order valence-electron chi connectivity index (χ2n) is 7.80. The van der Waals surface area contributed by atoms with Crippen LogP contribution in [-0.4, -0.2) is 74.2 Å². The number of nitrogens with one attached hydrogen (secondary N) is 2. The fraction of sp³-hybridized carbons (Fsp3) is 0.600. The van der Waals surface area contributed by atoms with Crippen molar-refractivity contribution in [3.05, 3.63) is 35.9 Å². The number of hydrogen-bond acceptors (Lipinski definition) is 6. The van der Waals surface area contributed by atoms with Gasteiger partial charge >= 0.3 is 6.09 Å². The van der Waals surface area contributed by atoms with Crippen LogP contribution in [-0.2, 0) is 16.1 Å². The van der Waals surface area contributed by atoms with E-state index in [0.717, 1.165) is 19.6 Å². The Labute approximate surface area is 163 Å². The largest absolute Gasteiger partial charge is 0.444 e. The maximum Gasteiger partial charge on any atom is 0.414 e. The fourth-order valence-electron chi connectivity index (χ4n) is 2.46. The van der Waals surface area contributed by atoms with E-state index in [1.807, 2.05) is 0 Å². The lowest BCUT2D eigenvalue weighted by Gasteiger charge is -2.27. The number of rotatable bonds is 4. The van der Waals surface area contributed by atoms with Gasteiger partial charge in [-0.05, 0) is 40.4 Å². The Bertz CT molecular complexity index is 564. The van der Waals surface area contributed by atoms with Crippen LogP contribution < -0.4 is 10.6 Å². The normalized spacial score (nSPS) is 14.9. The van der Waals surface area contributed by atoms with Gasteiger partial charge in [0.15, 0.2) is 0 Å². The standard InChI is InChI=1S/C11H16N2.C9H18N2O3/c1-2-4-11(5-3-1)10-13-8-6-12-7-9-13;1-9(2,3)14-8(13)10-7(12)6-11(4)5/h1-5,12H,6-10H2;6H2,1-5H3,(H,10,12,13). The average molecular weight is 379 g/mol. The summed E-state index contributed by atoms with van der Waals surface area (Å²) in [5.41, 5.74) is 0.840. The van der Waals surface area contributed by atoms with Crippen molar-refractivity contribution in [2.24, 2.45) is 0 Å². The quantitative estimate of drug-likeness (QED) is 0.831. The summed E-state index contributed by atoms with van der Waals surface area (Å²) in [6.07, 6.45) is -0.704. The molecule has 0 atom stereocenters. The monoisotopic (exact) mass is 378 g/mol. The van der Waals surface area contributed by atoms with E-state index in [1.54, 1.807) is 39.8 Å². The van der Waals surface area contributed by atoms with Crippen LogP contribution in [0.25, 0.3) is 0 Å². The van der Waals surface area contributed by atoms with Crippen LogP contribution in [0.2, 0.25) is 0 Å². The van der Waals surface area contributed by atoms with E-state index >= 15 is 0 Å². The Hall–Kier alpha value is -1.96. The first-order valence-corrected chi connectivity index (χ1v) is 9.30. The number of benzene rings is 1. The smallest absolute Gasteiger partial charge is 0.414 e. The summed E-state index contributed by atoms with van der Waals surface area (Å²) in [7, 11) is 3.49. The van der Waals surface area contributed by atoms with Gasteiger partial charge in [0.05, 0.1) is 6.54 Å². The van der Waals surface area contributed by atoms with Gasteiger partial charge in [0.1, 0.15) is 5.60 Å². The van der Waals surface area contributed by atoms with Crippen LogP contribution in [0, 0.1) is 0 Å². The summed E-state index contributed by atoms with van der Waals surface area (Å²) in [5, 5.41) is 5.48. The number of likely N-dealkylation sites (N-methyl/N-ethyl adjacent to an activating group) is 1. The molecule has 0 bridgehead atoms. The lowest BCUT2D eigenvalue weighted by Crippen LogP contribution is -2.42. The van der Waals surface area contributed by atoms with Gasteiger partial charge in [-0.1, -0.05) is 30.3 Å². The molecule has 1 aliphatic rings. The first-order chi connectivity index (χ1) is 12.7. The number of piperazine rings is 1. The number of alkyl carbamates (subject to hydrolysis) is 1. The molecule has 1 heterocycles. The van der Waals surface area contributed by atoms with Gasteiger partial charge in [0.2, 0.25) is 5.91 Å². The van der Waals surface area contributed by atoms with Crippen molar-refractivity contribution in [1.29, 1.82) is 0 Å². The summed E-state index contributed by atoms with van der Waals surface area (Å²) in [5.74, 6) is -0.371.